The molecule has 2 aromatic carbocycles. The van der Waals surface area contributed by atoms with Crippen molar-refractivity contribution in [3.8, 4) is 0 Å². The van der Waals surface area contributed by atoms with E-state index in [0.717, 1.165) is 30.3 Å². The fraction of sp³-hybridized carbons (Fsp3) is 0.0556. The highest BCUT2D eigenvalue weighted by Crippen LogP contribution is 2.35. The number of halogens is 5. The largest absolute Gasteiger partial charge is 0.418 e. The number of alkyl halides is 3. The van der Waals surface area contributed by atoms with Crippen molar-refractivity contribution in [1.82, 2.24) is 10.2 Å². The number of carbonyl (C=O) groups excluding carboxylic acids is 1. The molecule has 0 atom stereocenters. The Bertz CT molecular complexity index is 985. The molecule has 0 aliphatic heterocycles. The van der Waals surface area contributed by atoms with Crippen LogP contribution in [0.3, 0.4) is 0 Å². The molecular formula is C18H11F5N4O. The first kappa shape index (κ1) is 19.2. The Morgan fingerprint density at radius 1 is 0.857 bits per heavy atom. The summed E-state index contributed by atoms with van der Waals surface area (Å²) in [5.41, 5.74) is -2.06. The Kier molecular flexibility index (Phi) is 5.21. The van der Waals surface area contributed by atoms with Crippen LogP contribution in [0.1, 0.15) is 16.1 Å². The molecule has 0 aliphatic carbocycles. The zero-order valence-electron chi connectivity index (χ0n) is 13.9. The number of para-hydroxylation sites is 2. The molecule has 0 radical (unpaired) electrons. The van der Waals surface area contributed by atoms with Gasteiger partial charge in [-0.1, -0.05) is 18.2 Å². The average molecular weight is 394 g/mol. The predicted octanol–water partition coefficient (Wildman–Crippen LogP) is 4.77. The minimum Gasteiger partial charge on any atom is -0.338 e. The van der Waals surface area contributed by atoms with Gasteiger partial charge >= 0.3 is 6.18 Å². The van der Waals surface area contributed by atoms with Crippen LogP contribution in [0, 0.1) is 11.6 Å². The zero-order valence-corrected chi connectivity index (χ0v) is 13.9. The van der Waals surface area contributed by atoms with Gasteiger partial charge in [0.2, 0.25) is 0 Å². The van der Waals surface area contributed by atoms with Gasteiger partial charge in [0, 0.05) is 0 Å². The van der Waals surface area contributed by atoms with E-state index in [4.69, 9.17) is 0 Å². The van der Waals surface area contributed by atoms with E-state index in [9.17, 15) is 26.7 Å². The number of carbonyl (C=O) groups is 1. The monoisotopic (exact) mass is 394 g/mol. The number of nitrogens with one attached hydrogen (secondary N) is 2. The lowest BCUT2D eigenvalue weighted by Gasteiger charge is -2.13. The van der Waals surface area contributed by atoms with Crippen molar-refractivity contribution in [3.63, 3.8) is 0 Å². The number of rotatable bonds is 4. The Labute approximate surface area is 155 Å². The summed E-state index contributed by atoms with van der Waals surface area (Å²) in [7, 11) is 0. The molecule has 3 rings (SSSR count). The zero-order chi connectivity index (χ0) is 20.3. The summed E-state index contributed by atoms with van der Waals surface area (Å²) >= 11 is 0. The van der Waals surface area contributed by atoms with Crippen LogP contribution in [0.5, 0.6) is 0 Å². The lowest BCUT2D eigenvalue weighted by Crippen LogP contribution is -2.16. The van der Waals surface area contributed by atoms with E-state index >= 15 is 0 Å². The summed E-state index contributed by atoms with van der Waals surface area (Å²) in [6.07, 6.45) is -4.57. The van der Waals surface area contributed by atoms with Gasteiger partial charge in [0.15, 0.2) is 11.5 Å². The third-order valence-electron chi connectivity index (χ3n) is 3.59. The molecule has 0 saturated carbocycles. The molecule has 0 aliphatic rings. The van der Waals surface area contributed by atoms with Crippen molar-refractivity contribution in [2.24, 2.45) is 0 Å². The summed E-state index contributed by atoms with van der Waals surface area (Å²) in [5, 5.41) is 11.7. The van der Waals surface area contributed by atoms with Gasteiger partial charge in [-0.15, -0.1) is 10.2 Å². The van der Waals surface area contributed by atoms with Gasteiger partial charge in [-0.25, -0.2) is 8.78 Å². The third kappa shape index (κ3) is 4.22. The van der Waals surface area contributed by atoms with Gasteiger partial charge < -0.3 is 10.6 Å². The molecule has 1 aromatic heterocycles. The average Bonchev–Trinajstić information content (AvgIpc) is 2.65. The minimum atomic E-state index is -4.57. The van der Waals surface area contributed by atoms with Crippen LogP contribution in [-0.2, 0) is 6.18 Å². The first-order valence-electron chi connectivity index (χ1n) is 7.78. The Balaban J connectivity index is 1.77. The van der Waals surface area contributed by atoms with Crippen molar-refractivity contribution in [1.29, 1.82) is 0 Å². The number of hydrogen-bond acceptors (Lipinski definition) is 4. The van der Waals surface area contributed by atoms with E-state index in [1.165, 1.54) is 24.3 Å². The summed E-state index contributed by atoms with van der Waals surface area (Å²) in [6, 6.07) is 10.2. The van der Waals surface area contributed by atoms with Gasteiger partial charge in [-0.2, -0.15) is 13.2 Å². The summed E-state index contributed by atoms with van der Waals surface area (Å²) in [5.74, 6) is -2.92. The Morgan fingerprint density at radius 2 is 1.54 bits per heavy atom. The molecule has 10 heteroatoms. The molecule has 28 heavy (non-hydrogen) atoms. The number of anilines is 3. The quantitative estimate of drug-likeness (QED) is 0.626. The highest BCUT2D eigenvalue weighted by Gasteiger charge is 2.33. The SMILES string of the molecule is O=C(Nc1c(F)cccc1F)c1ccc(Nc2ccccc2C(F)(F)F)nn1. The molecular weight excluding hydrogens is 383 g/mol. The number of benzene rings is 2. The minimum absolute atomic E-state index is 0.0506. The number of hydrogen-bond donors (Lipinski definition) is 2. The van der Waals surface area contributed by atoms with Crippen molar-refractivity contribution in [2.75, 3.05) is 10.6 Å². The van der Waals surface area contributed by atoms with E-state index in [0.29, 0.717) is 0 Å². The van der Waals surface area contributed by atoms with Crippen LogP contribution < -0.4 is 10.6 Å². The van der Waals surface area contributed by atoms with E-state index < -0.39 is 35.0 Å². The van der Waals surface area contributed by atoms with Gasteiger partial charge in [0.25, 0.3) is 5.91 Å². The van der Waals surface area contributed by atoms with Crippen LogP contribution in [0.15, 0.2) is 54.6 Å². The number of nitrogens with zero attached hydrogens (tertiary/aromatic N) is 2. The normalized spacial score (nSPS) is 11.2. The molecule has 0 spiro atoms. The van der Waals surface area contributed by atoms with Gasteiger partial charge in [-0.05, 0) is 36.4 Å². The van der Waals surface area contributed by atoms with Crippen LogP contribution in [0.4, 0.5) is 39.1 Å². The van der Waals surface area contributed by atoms with Crippen LogP contribution in [0.2, 0.25) is 0 Å². The molecule has 0 bridgehead atoms. The highest BCUT2D eigenvalue weighted by molar-refractivity contribution is 6.02. The molecule has 3 aromatic rings. The fourth-order valence-electron chi connectivity index (χ4n) is 2.29. The first-order valence-corrected chi connectivity index (χ1v) is 7.78. The van der Waals surface area contributed by atoms with Crippen molar-refractivity contribution < 1.29 is 26.7 Å². The molecule has 1 heterocycles. The second-order valence-corrected chi connectivity index (χ2v) is 5.52. The highest BCUT2D eigenvalue weighted by atomic mass is 19.4. The van der Waals surface area contributed by atoms with Crippen LogP contribution in [-0.4, -0.2) is 16.1 Å². The molecule has 1 amide bonds. The van der Waals surface area contributed by atoms with Crippen molar-refractivity contribution in [2.45, 2.75) is 6.18 Å². The maximum Gasteiger partial charge on any atom is 0.418 e. The van der Waals surface area contributed by atoms with Crippen molar-refractivity contribution in [3.05, 3.63) is 77.5 Å². The molecule has 144 valence electrons. The smallest absolute Gasteiger partial charge is 0.338 e. The van der Waals surface area contributed by atoms with Crippen LogP contribution in [0.25, 0.3) is 0 Å². The molecule has 5 nitrogen and oxygen atoms in total. The van der Waals surface area contributed by atoms with E-state index in [2.05, 4.69) is 15.5 Å². The Morgan fingerprint density at radius 3 is 2.14 bits per heavy atom. The van der Waals surface area contributed by atoms with E-state index in [1.807, 2.05) is 5.32 Å². The van der Waals surface area contributed by atoms with Gasteiger partial charge in [-0.3, -0.25) is 4.79 Å². The molecule has 0 saturated heterocycles. The lowest BCUT2D eigenvalue weighted by atomic mass is 10.1. The maximum absolute atomic E-state index is 13.6. The molecule has 0 unspecified atom stereocenters. The maximum atomic E-state index is 13.6. The number of aromatic nitrogens is 2. The summed E-state index contributed by atoms with van der Waals surface area (Å²) in [4.78, 5) is 12.1. The lowest BCUT2D eigenvalue weighted by molar-refractivity contribution is -0.136. The molecule has 0 fully saturated rings. The molecule has 2 N–H and O–H groups in total. The summed E-state index contributed by atoms with van der Waals surface area (Å²) < 4.78 is 66.2. The van der Waals surface area contributed by atoms with Crippen molar-refractivity contribution >= 4 is 23.1 Å². The summed E-state index contributed by atoms with van der Waals surface area (Å²) in [6.45, 7) is 0. The fourth-order valence-corrected chi connectivity index (χ4v) is 2.29. The number of amides is 1. The third-order valence-corrected chi connectivity index (χ3v) is 3.59. The van der Waals surface area contributed by atoms with Crippen LogP contribution >= 0.6 is 0 Å². The van der Waals surface area contributed by atoms with Gasteiger partial charge in [0.05, 0.1) is 11.3 Å². The van der Waals surface area contributed by atoms with E-state index in [-0.39, 0.29) is 17.2 Å². The second kappa shape index (κ2) is 7.59. The predicted molar refractivity (Wildman–Crippen MR) is 91.1 cm³/mol. The first-order chi connectivity index (χ1) is 13.3. The standard InChI is InChI=1S/C18H11F5N4O/c19-11-5-3-6-12(20)16(11)25-17(28)14-8-9-15(27-26-14)24-13-7-2-1-4-10(13)18(21,22)23/h1-9H,(H,24,27)(H,25,28). The Hall–Kier alpha value is -3.56. The second-order valence-electron chi connectivity index (χ2n) is 5.52. The van der Waals surface area contributed by atoms with Gasteiger partial charge in [0.1, 0.15) is 17.3 Å². The topological polar surface area (TPSA) is 66.9 Å². The van der Waals surface area contributed by atoms with E-state index in [1.54, 1.807) is 0 Å².